The van der Waals surface area contributed by atoms with E-state index >= 15 is 0 Å². The van der Waals surface area contributed by atoms with Crippen molar-refractivity contribution in [3.63, 3.8) is 0 Å². The molecule has 1 aliphatic rings. The van der Waals surface area contributed by atoms with Crippen molar-refractivity contribution in [3.8, 4) is 0 Å². The first-order valence-corrected chi connectivity index (χ1v) is 5.13. The molecule has 1 unspecified atom stereocenters. The lowest BCUT2D eigenvalue weighted by Gasteiger charge is -2.17. The van der Waals surface area contributed by atoms with E-state index in [0.29, 0.717) is 0 Å². The SMILES string of the molecule is Cc1c(C(C)(C)O)cn2c1C(C=O)N=CN2. The maximum absolute atomic E-state index is 10.9. The van der Waals surface area contributed by atoms with Gasteiger partial charge in [0.15, 0.2) is 6.29 Å². The van der Waals surface area contributed by atoms with Crippen LogP contribution in [0.1, 0.15) is 36.7 Å². The van der Waals surface area contributed by atoms with Crippen LogP contribution in [-0.4, -0.2) is 22.4 Å². The van der Waals surface area contributed by atoms with Gasteiger partial charge < -0.3 is 9.90 Å². The predicted molar refractivity (Wildman–Crippen MR) is 61.1 cm³/mol. The lowest BCUT2D eigenvalue weighted by Crippen LogP contribution is -2.22. The number of carbonyl (C=O) groups is 1. The Morgan fingerprint density at radius 2 is 2.31 bits per heavy atom. The molecule has 5 heteroatoms. The maximum atomic E-state index is 10.9. The molecular weight excluding hydrogens is 206 g/mol. The molecule has 2 N–H and O–H groups in total. The number of hydrogen-bond acceptors (Lipinski definition) is 4. The fourth-order valence-electron chi connectivity index (χ4n) is 2.05. The average molecular weight is 221 g/mol. The van der Waals surface area contributed by atoms with Crippen molar-refractivity contribution in [1.29, 1.82) is 0 Å². The summed E-state index contributed by atoms with van der Waals surface area (Å²) in [6, 6.07) is -0.489. The lowest BCUT2D eigenvalue weighted by molar-refractivity contribution is -0.109. The molecular formula is C11H15N3O2. The molecule has 1 atom stereocenters. The third-order valence-electron chi connectivity index (χ3n) is 2.81. The normalized spacial score (nSPS) is 19.1. The average Bonchev–Trinajstić information content (AvgIpc) is 2.56. The summed E-state index contributed by atoms with van der Waals surface area (Å²) in [6.07, 6.45) is 4.08. The number of nitrogens with one attached hydrogen (secondary N) is 1. The molecule has 1 aliphatic heterocycles. The van der Waals surface area contributed by atoms with Gasteiger partial charge in [0.25, 0.3) is 0 Å². The van der Waals surface area contributed by atoms with E-state index in [1.54, 1.807) is 24.7 Å². The highest BCUT2D eigenvalue weighted by Crippen LogP contribution is 2.31. The van der Waals surface area contributed by atoms with E-state index < -0.39 is 11.6 Å². The van der Waals surface area contributed by atoms with Gasteiger partial charge in [0, 0.05) is 11.8 Å². The van der Waals surface area contributed by atoms with Gasteiger partial charge in [-0.2, -0.15) is 0 Å². The molecule has 0 aliphatic carbocycles. The van der Waals surface area contributed by atoms with Gasteiger partial charge in [0.2, 0.25) is 0 Å². The number of nitrogens with zero attached hydrogens (tertiary/aromatic N) is 2. The summed E-state index contributed by atoms with van der Waals surface area (Å²) in [5.41, 5.74) is 4.47. The van der Waals surface area contributed by atoms with Crippen molar-refractivity contribution < 1.29 is 9.90 Å². The minimum atomic E-state index is -0.927. The molecule has 1 aromatic rings. The van der Waals surface area contributed by atoms with Crippen LogP contribution < -0.4 is 5.43 Å². The van der Waals surface area contributed by atoms with E-state index in [0.717, 1.165) is 23.1 Å². The Hall–Kier alpha value is -1.62. The molecule has 1 aromatic heterocycles. The van der Waals surface area contributed by atoms with Gasteiger partial charge in [-0.3, -0.25) is 15.1 Å². The van der Waals surface area contributed by atoms with E-state index in [2.05, 4.69) is 10.4 Å². The van der Waals surface area contributed by atoms with E-state index in [-0.39, 0.29) is 0 Å². The number of hydrogen-bond donors (Lipinski definition) is 2. The predicted octanol–water partition coefficient (Wildman–Crippen LogP) is 0.849. The van der Waals surface area contributed by atoms with Crippen LogP contribution in [0.15, 0.2) is 11.2 Å². The van der Waals surface area contributed by atoms with Gasteiger partial charge in [-0.05, 0) is 26.3 Å². The Morgan fingerprint density at radius 1 is 1.62 bits per heavy atom. The van der Waals surface area contributed by atoms with Gasteiger partial charge in [0.05, 0.1) is 11.3 Å². The first-order chi connectivity index (χ1) is 7.45. The third-order valence-corrected chi connectivity index (χ3v) is 2.81. The van der Waals surface area contributed by atoms with E-state index in [9.17, 15) is 9.90 Å². The Balaban J connectivity index is 2.57. The Bertz CT molecular complexity index is 455. The molecule has 0 bridgehead atoms. The molecule has 16 heavy (non-hydrogen) atoms. The van der Waals surface area contributed by atoms with Gasteiger partial charge in [0.1, 0.15) is 12.4 Å². The second-order valence-corrected chi connectivity index (χ2v) is 4.47. The summed E-state index contributed by atoms with van der Waals surface area (Å²) in [6.45, 7) is 5.33. The summed E-state index contributed by atoms with van der Waals surface area (Å²) in [5.74, 6) is 0. The van der Waals surface area contributed by atoms with Crippen LogP contribution in [0.25, 0.3) is 0 Å². The van der Waals surface area contributed by atoms with Gasteiger partial charge in [-0.1, -0.05) is 0 Å². The molecule has 0 aromatic carbocycles. The maximum Gasteiger partial charge on any atom is 0.150 e. The number of rotatable bonds is 2. The number of carbonyl (C=O) groups excluding carboxylic acids is 1. The molecule has 2 rings (SSSR count). The van der Waals surface area contributed by atoms with Gasteiger partial charge in [-0.15, -0.1) is 0 Å². The molecule has 0 spiro atoms. The van der Waals surface area contributed by atoms with Crippen molar-refractivity contribution in [3.05, 3.63) is 23.0 Å². The highest BCUT2D eigenvalue weighted by molar-refractivity contribution is 5.73. The number of aliphatic imine (C=N–C) groups is 1. The molecule has 0 fully saturated rings. The first kappa shape index (κ1) is 10.9. The molecule has 0 saturated heterocycles. The van der Waals surface area contributed by atoms with Crippen LogP contribution in [-0.2, 0) is 10.4 Å². The number of aromatic nitrogens is 1. The van der Waals surface area contributed by atoms with Crippen LogP contribution in [0, 0.1) is 6.92 Å². The minimum absolute atomic E-state index is 0.489. The number of aliphatic hydroxyl groups is 1. The first-order valence-electron chi connectivity index (χ1n) is 5.13. The van der Waals surface area contributed by atoms with Crippen molar-refractivity contribution in [2.24, 2.45) is 4.99 Å². The minimum Gasteiger partial charge on any atom is -0.386 e. The fourth-order valence-corrected chi connectivity index (χ4v) is 2.05. The highest BCUT2D eigenvalue weighted by atomic mass is 16.3. The Kier molecular flexibility index (Phi) is 2.35. The molecule has 0 radical (unpaired) electrons. The zero-order chi connectivity index (χ0) is 11.9. The second kappa shape index (κ2) is 3.45. The van der Waals surface area contributed by atoms with Crippen LogP contribution in [0.2, 0.25) is 0 Å². The third kappa shape index (κ3) is 1.53. The molecule has 0 amide bonds. The Labute approximate surface area is 93.8 Å². The van der Waals surface area contributed by atoms with Crippen LogP contribution >= 0.6 is 0 Å². The van der Waals surface area contributed by atoms with Gasteiger partial charge in [-0.25, -0.2) is 0 Å². The van der Waals surface area contributed by atoms with Gasteiger partial charge >= 0.3 is 0 Å². The molecule has 86 valence electrons. The molecule has 2 heterocycles. The van der Waals surface area contributed by atoms with Crippen molar-refractivity contribution in [2.45, 2.75) is 32.4 Å². The highest BCUT2D eigenvalue weighted by Gasteiger charge is 2.28. The summed E-state index contributed by atoms with van der Waals surface area (Å²) in [4.78, 5) is 15.0. The number of aldehydes is 1. The summed E-state index contributed by atoms with van der Waals surface area (Å²) >= 11 is 0. The largest absolute Gasteiger partial charge is 0.386 e. The zero-order valence-electron chi connectivity index (χ0n) is 9.56. The smallest absolute Gasteiger partial charge is 0.150 e. The van der Waals surface area contributed by atoms with Crippen molar-refractivity contribution in [2.75, 3.05) is 5.43 Å². The topological polar surface area (TPSA) is 66.6 Å². The zero-order valence-corrected chi connectivity index (χ0v) is 9.56. The standard InChI is InChI=1S/C11H15N3O2/c1-7-8(11(2,3)16)4-14-10(7)9(5-15)12-6-13-14/h4-6,9,16H,1-3H3,(H,12,13). The van der Waals surface area contributed by atoms with E-state index in [1.807, 2.05) is 6.92 Å². The summed E-state index contributed by atoms with van der Waals surface area (Å²) < 4.78 is 1.73. The van der Waals surface area contributed by atoms with Crippen LogP contribution in [0.3, 0.4) is 0 Å². The monoisotopic (exact) mass is 221 g/mol. The van der Waals surface area contributed by atoms with Crippen molar-refractivity contribution >= 4 is 12.6 Å². The summed E-state index contributed by atoms with van der Waals surface area (Å²) in [5, 5.41) is 10.0. The summed E-state index contributed by atoms with van der Waals surface area (Å²) in [7, 11) is 0. The van der Waals surface area contributed by atoms with E-state index in [4.69, 9.17) is 0 Å². The molecule has 0 saturated carbocycles. The van der Waals surface area contributed by atoms with Crippen LogP contribution in [0.5, 0.6) is 0 Å². The van der Waals surface area contributed by atoms with E-state index in [1.165, 1.54) is 6.34 Å². The lowest BCUT2D eigenvalue weighted by atomic mass is 9.96. The second-order valence-electron chi connectivity index (χ2n) is 4.47. The molecule has 5 nitrogen and oxygen atoms in total. The van der Waals surface area contributed by atoms with Crippen LogP contribution in [0.4, 0.5) is 0 Å². The Morgan fingerprint density at radius 3 is 2.88 bits per heavy atom. The quantitative estimate of drug-likeness (QED) is 0.727. The number of fused-ring (bicyclic) bond motifs is 1. The van der Waals surface area contributed by atoms with Crippen molar-refractivity contribution in [1.82, 2.24) is 4.68 Å². The fraction of sp³-hybridized carbons (Fsp3) is 0.455.